The van der Waals surface area contributed by atoms with Crippen LogP contribution in [0.3, 0.4) is 0 Å². The van der Waals surface area contributed by atoms with Crippen LogP contribution in [0.2, 0.25) is 0 Å². The lowest BCUT2D eigenvalue weighted by Crippen LogP contribution is -2.48. The van der Waals surface area contributed by atoms with Crippen molar-refractivity contribution >= 4 is 5.91 Å². The molecule has 0 spiro atoms. The molecule has 1 aliphatic heterocycles. The van der Waals surface area contributed by atoms with Gasteiger partial charge in [-0.2, -0.15) is 0 Å². The number of hydrogen-bond acceptors (Lipinski definition) is 4. The van der Waals surface area contributed by atoms with Crippen molar-refractivity contribution in [2.75, 3.05) is 19.7 Å². The topological polar surface area (TPSA) is 65.5 Å². The molecule has 0 fully saturated rings. The van der Waals surface area contributed by atoms with E-state index >= 15 is 0 Å². The number of aliphatic hydroxyl groups excluding tert-OH is 1. The maximum atomic E-state index is 12.6. The van der Waals surface area contributed by atoms with Crippen LogP contribution >= 0.6 is 0 Å². The van der Waals surface area contributed by atoms with E-state index in [0.29, 0.717) is 25.4 Å². The van der Waals surface area contributed by atoms with Crippen molar-refractivity contribution in [3.63, 3.8) is 0 Å². The number of fused-ring (bicyclic) bond motifs is 1. The average molecular weight is 305 g/mol. The first kappa shape index (κ1) is 16.9. The van der Waals surface area contributed by atoms with Crippen molar-refractivity contribution in [1.29, 1.82) is 0 Å². The van der Waals surface area contributed by atoms with Gasteiger partial charge in [0, 0.05) is 37.5 Å². The van der Waals surface area contributed by atoms with Crippen LogP contribution in [0.1, 0.15) is 50.1 Å². The Morgan fingerprint density at radius 2 is 2.23 bits per heavy atom. The summed E-state index contributed by atoms with van der Waals surface area (Å²) in [6.07, 6.45) is 1.26. The number of amides is 1. The Balaban J connectivity index is 2.09. The summed E-state index contributed by atoms with van der Waals surface area (Å²) in [4.78, 5) is 19.2. The lowest BCUT2D eigenvalue weighted by molar-refractivity contribution is -0.134. The highest BCUT2D eigenvalue weighted by Crippen LogP contribution is 2.21. The zero-order valence-electron chi connectivity index (χ0n) is 13.8. The summed E-state index contributed by atoms with van der Waals surface area (Å²) >= 11 is 0. The van der Waals surface area contributed by atoms with Crippen molar-refractivity contribution in [1.82, 2.24) is 15.2 Å². The fourth-order valence-corrected chi connectivity index (χ4v) is 2.85. The van der Waals surface area contributed by atoms with Gasteiger partial charge in [-0.05, 0) is 30.5 Å². The highest BCUT2D eigenvalue weighted by atomic mass is 16.3. The van der Waals surface area contributed by atoms with Crippen LogP contribution < -0.4 is 5.32 Å². The molecule has 0 saturated heterocycles. The molecule has 0 aromatic carbocycles. The van der Waals surface area contributed by atoms with Crippen molar-refractivity contribution in [2.45, 2.75) is 52.1 Å². The van der Waals surface area contributed by atoms with Crippen molar-refractivity contribution < 1.29 is 9.90 Å². The average Bonchev–Trinajstić information content (AvgIpc) is 2.53. The molecule has 5 nitrogen and oxygen atoms in total. The van der Waals surface area contributed by atoms with Gasteiger partial charge in [0.05, 0.1) is 6.04 Å². The van der Waals surface area contributed by atoms with E-state index in [1.807, 2.05) is 11.8 Å². The van der Waals surface area contributed by atoms with Gasteiger partial charge >= 0.3 is 0 Å². The Bertz CT molecular complexity index is 511. The van der Waals surface area contributed by atoms with Gasteiger partial charge in [0.15, 0.2) is 0 Å². The summed E-state index contributed by atoms with van der Waals surface area (Å²) in [7, 11) is 0. The largest absolute Gasteiger partial charge is 0.396 e. The molecule has 5 heteroatoms. The molecular weight excluding hydrogens is 278 g/mol. The summed E-state index contributed by atoms with van der Waals surface area (Å²) < 4.78 is 0. The maximum absolute atomic E-state index is 12.6. The number of hydrogen-bond donors (Lipinski definition) is 2. The van der Waals surface area contributed by atoms with E-state index < -0.39 is 0 Å². The number of nitrogens with zero attached hydrogens (tertiary/aromatic N) is 2. The number of carbonyl (C=O) groups excluding carboxylic acids is 1. The Kier molecular flexibility index (Phi) is 5.91. The SMILES string of the molecule is CCN[C@H](CCO)C(=O)N1CCc2nc(C(C)C)ccc2C1. The Morgan fingerprint density at radius 1 is 1.45 bits per heavy atom. The van der Waals surface area contributed by atoms with Crippen molar-refractivity contribution in [3.8, 4) is 0 Å². The lowest BCUT2D eigenvalue weighted by Gasteiger charge is -2.32. The third-order valence-corrected chi connectivity index (χ3v) is 4.14. The molecular formula is C17H27N3O2. The first-order valence-corrected chi connectivity index (χ1v) is 8.18. The molecule has 0 aliphatic carbocycles. The first-order valence-electron chi connectivity index (χ1n) is 8.18. The van der Waals surface area contributed by atoms with Gasteiger partial charge in [-0.1, -0.05) is 26.8 Å². The Labute approximate surface area is 132 Å². The minimum absolute atomic E-state index is 0.0210. The third-order valence-electron chi connectivity index (χ3n) is 4.14. The molecule has 0 bridgehead atoms. The van der Waals surface area contributed by atoms with Gasteiger partial charge in [-0.25, -0.2) is 0 Å². The van der Waals surface area contributed by atoms with Crippen LogP contribution in [0.15, 0.2) is 12.1 Å². The summed E-state index contributed by atoms with van der Waals surface area (Å²) in [6, 6.07) is 3.87. The van der Waals surface area contributed by atoms with E-state index in [-0.39, 0.29) is 18.6 Å². The molecule has 0 unspecified atom stereocenters. The fraction of sp³-hybridized carbons (Fsp3) is 0.647. The number of carbonyl (C=O) groups is 1. The van der Waals surface area contributed by atoms with Crippen LogP contribution in [0.25, 0.3) is 0 Å². The number of pyridine rings is 1. The van der Waals surface area contributed by atoms with Crippen LogP contribution in [0, 0.1) is 0 Å². The number of likely N-dealkylation sites (N-methyl/N-ethyl adjacent to an activating group) is 1. The summed E-state index contributed by atoms with van der Waals surface area (Å²) in [5, 5.41) is 12.3. The van der Waals surface area contributed by atoms with Gasteiger partial charge in [0.2, 0.25) is 5.91 Å². The molecule has 2 heterocycles. The normalized spacial score (nSPS) is 15.8. The zero-order valence-corrected chi connectivity index (χ0v) is 13.8. The standard InChI is InChI=1S/C17H27N3O2/c1-4-18-16(8-10-21)17(22)20-9-7-15-13(11-20)5-6-14(19-15)12(2)3/h5-6,12,16,18,21H,4,7-11H2,1-3H3/t16-/m1/s1. The smallest absolute Gasteiger partial charge is 0.240 e. The molecule has 2 N–H and O–H groups in total. The van der Waals surface area contributed by atoms with E-state index in [0.717, 1.165) is 29.9 Å². The Hall–Kier alpha value is -1.46. The second-order valence-corrected chi connectivity index (χ2v) is 6.13. The summed E-state index contributed by atoms with van der Waals surface area (Å²) in [5.41, 5.74) is 3.38. The second-order valence-electron chi connectivity index (χ2n) is 6.13. The number of aromatic nitrogens is 1. The highest BCUT2D eigenvalue weighted by Gasteiger charge is 2.27. The van der Waals surface area contributed by atoms with Gasteiger partial charge in [0.25, 0.3) is 0 Å². The summed E-state index contributed by atoms with van der Waals surface area (Å²) in [5.74, 6) is 0.502. The fourth-order valence-electron chi connectivity index (χ4n) is 2.85. The highest BCUT2D eigenvalue weighted by molar-refractivity contribution is 5.82. The minimum atomic E-state index is -0.292. The number of nitrogens with one attached hydrogen (secondary N) is 1. The van der Waals surface area contributed by atoms with Crippen molar-refractivity contribution in [2.24, 2.45) is 0 Å². The molecule has 122 valence electrons. The molecule has 1 aliphatic rings. The monoisotopic (exact) mass is 305 g/mol. The molecule has 1 aromatic rings. The van der Waals surface area contributed by atoms with Crippen LogP contribution in [0.4, 0.5) is 0 Å². The van der Waals surface area contributed by atoms with Gasteiger partial charge in [-0.3, -0.25) is 9.78 Å². The molecule has 1 atom stereocenters. The zero-order chi connectivity index (χ0) is 16.1. The van der Waals surface area contributed by atoms with E-state index in [1.54, 1.807) is 0 Å². The Morgan fingerprint density at radius 3 is 2.86 bits per heavy atom. The maximum Gasteiger partial charge on any atom is 0.240 e. The molecule has 2 rings (SSSR count). The predicted molar refractivity (Wildman–Crippen MR) is 86.6 cm³/mol. The summed E-state index contributed by atoms with van der Waals surface area (Å²) in [6.45, 7) is 8.32. The van der Waals surface area contributed by atoms with Crippen LogP contribution in [-0.2, 0) is 17.8 Å². The first-order chi connectivity index (χ1) is 10.6. The minimum Gasteiger partial charge on any atom is -0.396 e. The van der Waals surface area contributed by atoms with Gasteiger partial charge in [0.1, 0.15) is 0 Å². The molecule has 0 saturated carbocycles. The number of rotatable bonds is 6. The quantitative estimate of drug-likeness (QED) is 0.835. The molecule has 22 heavy (non-hydrogen) atoms. The second kappa shape index (κ2) is 7.70. The van der Waals surface area contributed by atoms with E-state index in [1.165, 1.54) is 0 Å². The number of aliphatic hydroxyl groups is 1. The predicted octanol–water partition coefficient (Wildman–Crippen LogP) is 1.45. The van der Waals surface area contributed by atoms with E-state index in [4.69, 9.17) is 10.1 Å². The van der Waals surface area contributed by atoms with Crippen LogP contribution in [0.5, 0.6) is 0 Å². The van der Waals surface area contributed by atoms with E-state index in [2.05, 4.69) is 31.3 Å². The van der Waals surface area contributed by atoms with Gasteiger partial charge in [-0.15, -0.1) is 0 Å². The molecule has 0 radical (unpaired) electrons. The van der Waals surface area contributed by atoms with E-state index in [9.17, 15) is 4.79 Å². The van der Waals surface area contributed by atoms with Crippen LogP contribution in [-0.4, -0.2) is 46.6 Å². The van der Waals surface area contributed by atoms with Gasteiger partial charge < -0.3 is 15.3 Å². The molecule has 1 amide bonds. The lowest BCUT2D eigenvalue weighted by atomic mass is 10.0. The third kappa shape index (κ3) is 3.84. The molecule has 1 aromatic heterocycles. The van der Waals surface area contributed by atoms with Crippen molar-refractivity contribution in [3.05, 3.63) is 29.1 Å².